The Morgan fingerprint density at radius 1 is 0.385 bits per heavy atom. The fraction of sp³-hybridized carbons (Fsp3) is 0.0571. The van der Waals surface area contributed by atoms with E-state index >= 15 is 0 Å². The summed E-state index contributed by atoms with van der Waals surface area (Å²) in [6.45, 7) is 4.87. The monoisotopic (exact) mass is 517 g/mol. The minimum atomic E-state index is -1.97. The molecule has 0 aliphatic carbocycles. The summed E-state index contributed by atoms with van der Waals surface area (Å²) < 4.78 is 0. The number of nitrogens with zero attached hydrogens (tertiary/aromatic N) is 3. The maximum Gasteiger partial charge on any atom is 0.164 e. The van der Waals surface area contributed by atoms with Crippen molar-refractivity contribution in [2.24, 2.45) is 0 Å². The Bertz CT molecular complexity index is 1830. The Morgan fingerprint density at radius 3 is 1.59 bits per heavy atom. The summed E-state index contributed by atoms with van der Waals surface area (Å²) in [4.78, 5) is 15.3. The molecule has 1 aliphatic heterocycles. The lowest BCUT2D eigenvalue weighted by atomic mass is 9.99. The van der Waals surface area contributed by atoms with Gasteiger partial charge in [0.15, 0.2) is 17.5 Å². The molecule has 0 unspecified atom stereocenters. The lowest BCUT2D eigenvalue weighted by Gasteiger charge is -2.22. The molecule has 1 aromatic heterocycles. The van der Waals surface area contributed by atoms with Crippen molar-refractivity contribution < 1.29 is 0 Å². The molecule has 0 bridgehead atoms. The fourth-order valence-corrected chi connectivity index (χ4v) is 9.35. The van der Waals surface area contributed by atoms with Crippen LogP contribution in [0.15, 0.2) is 127 Å². The van der Waals surface area contributed by atoms with Gasteiger partial charge in [-0.15, -0.1) is 0 Å². The van der Waals surface area contributed by atoms with Gasteiger partial charge in [0, 0.05) is 16.7 Å². The van der Waals surface area contributed by atoms with Crippen LogP contribution in [-0.2, 0) is 0 Å². The van der Waals surface area contributed by atoms with E-state index in [-0.39, 0.29) is 0 Å². The van der Waals surface area contributed by atoms with Crippen molar-refractivity contribution >= 4 is 18.4 Å². The molecule has 0 fully saturated rings. The van der Waals surface area contributed by atoms with E-state index in [1.54, 1.807) is 0 Å². The van der Waals surface area contributed by atoms with Gasteiger partial charge in [0.2, 0.25) is 0 Å². The van der Waals surface area contributed by atoms with Crippen molar-refractivity contribution in [2.75, 3.05) is 0 Å². The van der Waals surface area contributed by atoms with Crippen LogP contribution >= 0.6 is 0 Å². The predicted octanol–water partition coefficient (Wildman–Crippen LogP) is 7.34. The topological polar surface area (TPSA) is 38.7 Å². The molecule has 39 heavy (non-hydrogen) atoms. The highest BCUT2D eigenvalue weighted by molar-refractivity contribution is 7.04. The number of hydrogen-bond acceptors (Lipinski definition) is 3. The molecule has 3 nitrogen and oxygen atoms in total. The van der Waals surface area contributed by atoms with Crippen molar-refractivity contribution in [3.05, 3.63) is 127 Å². The number of rotatable bonds is 4. The van der Waals surface area contributed by atoms with Crippen LogP contribution in [0.5, 0.6) is 0 Å². The summed E-state index contributed by atoms with van der Waals surface area (Å²) in [5.74, 6) is 2.10. The van der Waals surface area contributed by atoms with Gasteiger partial charge in [0.1, 0.15) is 8.07 Å². The standard InChI is InChI=1S/C35H27N3Si/c1-39(2)31-23-12-11-19-27(31)28-21-13-22-30(32(28)39)35-37-33(25-16-7-4-8-17-25)36-34(38-35)29-20-10-9-18-26(29)24-14-5-3-6-15-24/h3-23H,1-2H3. The van der Waals surface area contributed by atoms with Crippen molar-refractivity contribution in [1.82, 2.24) is 15.0 Å². The summed E-state index contributed by atoms with van der Waals surface area (Å²) in [6.07, 6.45) is 0. The molecule has 1 aliphatic rings. The van der Waals surface area contributed by atoms with Gasteiger partial charge in [0.25, 0.3) is 0 Å². The number of fused-ring (bicyclic) bond motifs is 3. The summed E-state index contributed by atoms with van der Waals surface area (Å²) >= 11 is 0. The molecule has 0 radical (unpaired) electrons. The molecule has 4 heteroatoms. The van der Waals surface area contributed by atoms with E-state index in [1.165, 1.54) is 21.5 Å². The highest BCUT2D eigenvalue weighted by atomic mass is 28.3. The first-order chi connectivity index (χ1) is 19.1. The highest BCUT2D eigenvalue weighted by Gasteiger charge is 2.39. The maximum atomic E-state index is 5.19. The Balaban J connectivity index is 1.49. The molecule has 0 atom stereocenters. The molecule has 0 N–H and O–H groups in total. The van der Waals surface area contributed by atoms with E-state index in [9.17, 15) is 0 Å². The van der Waals surface area contributed by atoms with Crippen LogP contribution in [0.3, 0.4) is 0 Å². The zero-order chi connectivity index (χ0) is 26.4. The van der Waals surface area contributed by atoms with Crippen LogP contribution in [0, 0.1) is 0 Å². The van der Waals surface area contributed by atoms with Crippen LogP contribution in [0.1, 0.15) is 0 Å². The quantitative estimate of drug-likeness (QED) is 0.230. The Kier molecular flexibility index (Phi) is 5.57. The second kappa shape index (κ2) is 9.26. The van der Waals surface area contributed by atoms with Gasteiger partial charge < -0.3 is 0 Å². The average molecular weight is 518 g/mol. The van der Waals surface area contributed by atoms with Gasteiger partial charge in [-0.2, -0.15) is 0 Å². The summed E-state index contributed by atoms with van der Waals surface area (Å²) in [5, 5.41) is 2.87. The van der Waals surface area contributed by atoms with Crippen molar-refractivity contribution in [3.63, 3.8) is 0 Å². The molecule has 0 spiro atoms. The van der Waals surface area contributed by atoms with Gasteiger partial charge >= 0.3 is 0 Å². The Hall–Kier alpha value is -4.67. The maximum absolute atomic E-state index is 5.19. The van der Waals surface area contributed by atoms with Crippen molar-refractivity contribution in [1.29, 1.82) is 0 Å². The van der Waals surface area contributed by atoms with E-state index in [0.29, 0.717) is 11.6 Å². The Labute approximate surface area is 229 Å². The van der Waals surface area contributed by atoms with E-state index in [0.717, 1.165) is 33.6 Å². The number of benzene rings is 5. The lowest BCUT2D eigenvalue weighted by Crippen LogP contribution is -2.50. The van der Waals surface area contributed by atoms with Gasteiger partial charge in [-0.25, -0.2) is 15.0 Å². The molecule has 0 saturated heterocycles. The fourth-order valence-electron chi connectivity index (χ4n) is 5.91. The first kappa shape index (κ1) is 23.4. The first-order valence-electron chi connectivity index (χ1n) is 13.3. The minimum Gasteiger partial charge on any atom is -0.208 e. The summed E-state index contributed by atoms with van der Waals surface area (Å²) in [6, 6.07) is 44.5. The van der Waals surface area contributed by atoms with Gasteiger partial charge in [-0.05, 0) is 32.6 Å². The normalized spacial score (nSPS) is 13.1. The summed E-state index contributed by atoms with van der Waals surface area (Å²) in [7, 11) is -1.97. The molecule has 0 amide bonds. The first-order valence-corrected chi connectivity index (χ1v) is 16.3. The zero-order valence-electron chi connectivity index (χ0n) is 22.0. The lowest BCUT2D eigenvalue weighted by molar-refractivity contribution is 1.08. The average Bonchev–Trinajstić information content (AvgIpc) is 3.24. The van der Waals surface area contributed by atoms with Gasteiger partial charge in [-0.1, -0.05) is 140 Å². The largest absolute Gasteiger partial charge is 0.208 e. The predicted molar refractivity (Wildman–Crippen MR) is 164 cm³/mol. The van der Waals surface area contributed by atoms with Gasteiger partial charge in [0.05, 0.1) is 0 Å². The number of aromatic nitrogens is 3. The third-order valence-electron chi connectivity index (χ3n) is 7.74. The zero-order valence-corrected chi connectivity index (χ0v) is 23.0. The molecule has 7 rings (SSSR count). The van der Waals surface area contributed by atoms with Crippen LogP contribution in [-0.4, -0.2) is 23.0 Å². The summed E-state index contributed by atoms with van der Waals surface area (Å²) in [5.41, 5.74) is 7.99. The molecule has 0 saturated carbocycles. The molecular formula is C35H27N3Si. The van der Waals surface area contributed by atoms with Crippen LogP contribution in [0.4, 0.5) is 0 Å². The molecule has 2 heterocycles. The molecule has 5 aromatic carbocycles. The SMILES string of the molecule is C[Si]1(C)c2ccccc2-c2cccc(-c3nc(-c4ccccc4)nc(-c4ccccc4-c4ccccc4)n3)c21. The van der Waals surface area contributed by atoms with Crippen LogP contribution in [0.25, 0.3) is 56.4 Å². The smallest absolute Gasteiger partial charge is 0.164 e. The van der Waals surface area contributed by atoms with E-state index < -0.39 is 8.07 Å². The molecule has 6 aromatic rings. The Morgan fingerprint density at radius 2 is 0.872 bits per heavy atom. The minimum absolute atomic E-state index is 0.686. The second-order valence-electron chi connectivity index (χ2n) is 10.5. The van der Waals surface area contributed by atoms with Crippen molar-refractivity contribution in [2.45, 2.75) is 13.1 Å². The van der Waals surface area contributed by atoms with Crippen molar-refractivity contribution in [3.8, 4) is 56.4 Å². The second-order valence-corrected chi connectivity index (χ2v) is 14.8. The highest BCUT2D eigenvalue weighted by Crippen LogP contribution is 2.35. The van der Waals surface area contributed by atoms with Crippen LogP contribution < -0.4 is 10.4 Å². The van der Waals surface area contributed by atoms with E-state index in [4.69, 9.17) is 15.0 Å². The molecular weight excluding hydrogens is 490 g/mol. The number of hydrogen-bond donors (Lipinski definition) is 0. The van der Waals surface area contributed by atoms with Gasteiger partial charge in [-0.3, -0.25) is 0 Å². The molecule has 186 valence electrons. The third-order valence-corrected chi connectivity index (χ3v) is 11.3. The third kappa shape index (κ3) is 3.92. The van der Waals surface area contributed by atoms with E-state index in [1.807, 2.05) is 24.3 Å². The van der Waals surface area contributed by atoms with E-state index in [2.05, 4.69) is 116 Å². The van der Waals surface area contributed by atoms with Crippen LogP contribution in [0.2, 0.25) is 13.1 Å².